The van der Waals surface area contributed by atoms with Crippen LogP contribution in [-0.2, 0) is 0 Å². The highest BCUT2D eigenvalue weighted by Gasteiger charge is 2.24. The fourth-order valence-corrected chi connectivity index (χ4v) is 4.66. The van der Waals surface area contributed by atoms with Crippen molar-refractivity contribution in [3.8, 4) is 16.3 Å². The molecule has 0 aliphatic carbocycles. The number of rotatable bonds is 6. The number of ether oxygens (including phenoxy) is 1. The molecule has 2 aromatic carbocycles. The summed E-state index contributed by atoms with van der Waals surface area (Å²) < 4.78 is 6.96. The molecule has 33 heavy (non-hydrogen) atoms. The second-order valence-corrected chi connectivity index (χ2v) is 8.45. The molecule has 1 saturated heterocycles. The zero-order valence-corrected chi connectivity index (χ0v) is 18.4. The first-order valence-electron chi connectivity index (χ1n) is 10.2. The molecule has 1 N–H and O–H groups in total. The highest BCUT2D eigenvalue weighted by atomic mass is 32.1. The number of hydrogen-bond acceptors (Lipinski definition) is 9. The van der Waals surface area contributed by atoms with Gasteiger partial charge in [-0.2, -0.15) is 9.61 Å². The molecule has 0 saturated carbocycles. The number of amides is 1. The van der Waals surface area contributed by atoms with E-state index < -0.39 is 10.8 Å². The number of benzene rings is 2. The number of aromatic nitrogens is 4. The third kappa shape index (κ3) is 3.96. The van der Waals surface area contributed by atoms with E-state index in [0.29, 0.717) is 27.1 Å². The molecule has 0 atom stereocenters. The minimum absolute atomic E-state index is 0.0787. The minimum Gasteiger partial charge on any atom is -0.495 e. The number of nitrogens with one attached hydrogen (secondary N) is 1. The highest BCUT2D eigenvalue weighted by molar-refractivity contribution is 7.19. The summed E-state index contributed by atoms with van der Waals surface area (Å²) in [5.41, 5.74) is 1.84. The fraction of sp³-hybridized carbons (Fsp3) is 0.238. The molecule has 1 amide bonds. The van der Waals surface area contributed by atoms with Crippen molar-refractivity contribution in [1.82, 2.24) is 19.8 Å². The van der Waals surface area contributed by atoms with Crippen LogP contribution < -0.4 is 15.0 Å². The second-order valence-electron chi connectivity index (χ2n) is 7.49. The van der Waals surface area contributed by atoms with Crippen LogP contribution in [-0.4, -0.2) is 50.8 Å². The summed E-state index contributed by atoms with van der Waals surface area (Å²) in [5, 5.41) is 27.4. The minimum atomic E-state index is -0.473. The van der Waals surface area contributed by atoms with E-state index in [2.05, 4.69) is 20.6 Å². The average Bonchev–Trinajstić information content (AvgIpc) is 3.56. The molecule has 1 aliphatic rings. The molecule has 0 unspecified atom stereocenters. The first-order chi connectivity index (χ1) is 16.0. The molecule has 168 valence electrons. The quantitative estimate of drug-likeness (QED) is 0.338. The van der Waals surface area contributed by atoms with Crippen LogP contribution in [0.2, 0.25) is 0 Å². The Morgan fingerprint density at radius 2 is 2.03 bits per heavy atom. The zero-order valence-electron chi connectivity index (χ0n) is 17.6. The van der Waals surface area contributed by atoms with Gasteiger partial charge < -0.3 is 15.0 Å². The lowest BCUT2D eigenvalue weighted by molar-refractivity contribution is -0.384. The first-order valence-corrected chi connectivity index (χ1v) is 11.0. The maximum absolute atomic E-state index is 13.0. The summed E-state index contributed by atoms with van der Waals surface area (Å²) in [7, 11) is 1.50. The number of nitro groups is 1. The van der Waals surface area contributed by atoms with E-state index in [4.69, 9.17) is 4.74 Å². The van der Waals surface area contributed by atoms with Gasteiger partial charge in [0.05, 0.1) is 17.7 Å². The van der Waals surface area contributed by atoms with Gasteiger partial charge in [0.1, 0.15) is 22.8 Å². The summed E-state index contributed by atoms with van der Waals surface area (Å²) >= 11 is 1.36. The van der Waals surface area contributed by atoms with Gasteiger partial charge in [-0.3, -0.25) is 14.9 Å². The lowest BCUT2D eigenvalue weighted by Gasteiger charge is -2.18. The van der Waals surface area contributed by atoms with Crippen LogP contribution in [0.4, 0.5) is 17.1 Å². The Bertz CT molecular complexity index is 1330. The number of methoxy groups -OCH3 is 1. The van der Waals surface area contributed by atoms with Crippen molar-refractivity contribution in [2.75, 3.05) is 30.4 Å². The lowest BCUT2D eigenvalue weighted by atomic mass is 10.1. The maximum atomic E-state index is 13.0. The summed E-state index contributed by atoms with van der Waals surface area (Å²) in [4.78, 5) is 26.9. The fourth-order valence-electron chi connectivity index (χ4n) is 3.85. The van der Waals surface area contributed by atoms with Crippen molar-refractivity contribution in [3.63, 3.8) is 0 Å². The van der Waals surface area contributed by atoms with Crippen LogP contribution in [0.5, 0.6) is 5.75 Å². The molecule has 0 bridgehead atoms. The number of fused-ring (bicyclic) bond motifs is 1. The van der Waals surface area contributed by atoms with Gasteiger partial charge in [-0.1, -0.05) is 11.3 Å². The van der Waals surface area contributed by atoms with Gasteiger partial charge in [-0.25, -0.2) is 0 Å². The van der Waals surface area contributed by atoms with E-state index in [9.17, 15) is 14.9 Å². The summed E-state index contributed by atoms with van der Waals surface area (Å²) in [5.74, 6) is -0.0158. The summed E-state index contributed by atoms with van der Waals surface area (Å²) in [6, 6.07) is 9.88. The smallest absolute Gasteiger partial charge is 0.293 e. The van der Waals surface area contributed by atoms with Crippen LogP contribution in [0.1, 0.15) is 23.2 Å². The van der Waals surface area contributed by atoms with Gasteiger partial charge in [0.15, 0.2) is 0 Å². The van der Waals surface area contributed by atoms with Crippen molar-refractivity contribution in [3.05, 3.63) is 58.4 Å². The molecule has 12 heteroatoms. The van der Waals surface area contributed by atoms with E-state index in [1.54, 1.807) is 28.8 Å². The molecule has 1 fully saturated rings. The van der Waals surface area contributed by atoms with Crippen LogP contribution in [0.25, 0.3) is 15.5 Å². The van der Waals surface area contributed by atoms with Crippen molar-refractivity contribution in [2.45, 2.75) is 12.8 Å². The van der Waals surface area contributed by atoms with Gasteiger partial charge >= 0.3 is 0 Å². The summed E-state index contributed by atoms with van der Waals surface area (Å²) in [6.07, 6.45) is 3.51. The molecule has 4 aromatic rings. The van der Waals surface area contributed by atoms with E-state index in [0.717, 1.165) is 31.5 Å². The predicted molar refractivity (Wildman–Crippen MR) is 123 cm³/mol. The normalized spacial score (nSPS) is 13.4. The van der Waals surface area contributed by atoms with Crippen molar-refractivity contribution in [2.24, 2.45) is 0 Å². The predicted octanol–water partition coefficient (Wildman–Crippen LogP) is 3.62. The molecule has 5 rings (SSSR count). The van der Waals surface area contributed by atoms with Crippen LogP contribution >= 0.6 is 11.3 Å². The highest BCUT2D eigenvalue weighted by Crippen LogP contribution is 2.34. The van der Waals surface area contributed by atoms with Crippen LogP contribution in [0.3, 0.4) is 0 Å². The standard InChI is InChI=1S/C21H19N7O4S/c1-32-18-7-5-14(20-25-27-12-22-24-21(27)33-20)10-15(18)23-19(29)13-4-6-16(17(11-13)28(30)31)26-8-2-3-9-26/h4-7,10-12H,2-3,8-9H2,1H3,(H,23,29). The Hall–Kier alpha value is -4.06. The Morgan fingerprint density at radius 1 is 1.21 bits per heavy atom. The second kappa shape index (κ2) is 8.47. The van der Waals surface area contributed by atoms with Crippen LogP contribution in [0, 0.1) is 10.1 Å². The number of nitro benzene ring substituents is 1. The largest absolute Gasteiger partial charge is 0.495 e. The molecule has 11 nitrogen and oxygen atoms in total. The molecular formula is C21H19N7O4S. The zero-order chi connectivity index (χ0) is 22.9. The van der Waals surface area contributed by atoms with Crippen molar-refractivity contribution < 1.29 is 14.5 Å². The van der Waals surface area contributed by atoms with Crippen molar-refractivity contribution >= 4 is 39.3 Å². The molecular weight excluding hydrogens is 446 g/mol. The first kappa shape index (κ1) is 20.8. The lowest BCUT2D eigenvalue weighted by Crippen LogP contribution is -2.20. The number of nitrogens with zero attached hydrogens (tertiary/aromatic N) is 6. The molecule has 3 heterocycles. The number of hydrogen-bond donors (Lipinski definition) is 1. The van der Waals surface area contributed by atoms with E-state index >= 15 is 0 Å². The average molecular weight is 465 g/mol. The van der Waals surface area contributed by atoms with E-state index in [-0.39, 0.29) is 11.3 Å². The van der Waals surface area contributed by atoms with Gasteiger partial charge in [0.2, 0.25) is 4.96 Å². The van der Waals surface area contributed by atoms with Gasteiger partial charge in [0.25, 0.3) is 11.6 Å². The number of carbonyl (C=O) groups is 1. The molecule has 1 aliphatic heterocycles. The summed E-state index contributed by atoms with van der Waals surface area (Å²) in [6.45, 7) is 1.54. The number of carbonyl (C=O) groups excluding carboxylic acids is 1. The Morgan fingerprint density at radius 3 is 2.76 bits per heavy atom. The number of anilines is 2. The van der Waals surface area contributed by atoms with Gasteiger partial charge in [0, 0.05) is 30.3 Å². The van der Waals surface area contributed by atoms with Gasteiger partial charge in [-0.15, -0.1) is 10.2 Å². The molecule has 0 radical (unpaired) electrons. The van der Waals surface area contributed by atoms with Crippen LogP contribution in [0.15, 0.2) is 42.7 Å². The van der Waals surface area contributed by atoms with E-state index in [1.807, 2.05) is 11.0 Å². The SMILES string of the molecule is COc1ccc(-c2nn3cnnc3s2)cc1NC(=O)c1ccc(N2CCCC2)c([N+](=O)[O-])c1. The van der Waals surface area contributed by atoms with Gasteiger partial charge in [-0.05, 0) is 43.2 Å². The van der Waals surface area contributed by atoms with E-state index in [1.165, 1.54) is 30.8 Å². The monoisotopic (exact) mass is 465 g/mol. The molecule has 2 aromatic heterocycles. The molecule has 0 spiro atoms. The maximum Gasteiger partial charge on any atom is 0.293 e. The third-order valence-corrected chi connectivity index (χ3v) is 6.42. The third-order valence-electron chi connectivity index (χ3n) is 5.46. The topological polar surface area (TPSA) is 128 Å². The Balaban J connectivity index is 1.44. The Labute approximate surface area is 191 Å². The Kier molecular flexibility index (Phi) is 5.34. The van der Waals surface area contributed by atoms with Crippen molar-refractivity contribution in [1.29, 1.82) is 0 Å².